The van der Waals surface area contributed by atoms with Crippen LogP contribution in [0.3, 0.4) is 0 Å². The van der Waals surface area contributed by atoms with Crippen LogP contribution in [0, 0.1) is 6.92 Å². The summed E-state index contributed by atoms with van der Waals surface area (Å²) in [6.45, 7) is 8.20. The molecule has 0 heterocycles. The van der Waals surface area contributed by atoms with Gasteiger partial charge in [0, 0.05) is 22.6 Å². The largest absolute Gasteiger partial charge is 0.444 e. The number of rotatable bonds is 6. The lowest BCUT2D eigenvalue weighted by atomic mass is 10.1. The highest BCUT2D eigenvalue weighted by Gasteiger charge is 2.15. The number of anilines is 1. The second-order valence-corrected chi connectivity index (χ2v) is 7.67. The summed E-state index contributed by atoms with van der Waals surface area (Å²) in [7, 11) is 0. The molecular formula is C20H25NO3S. The van der Waals surface area contributed by atoms with Crippen LogP contribution in [0.4, 0.5) is 10.5 Å². The van der Waals surface area contributed by atoms with Gasteiger partial charge in [0.15, 0.2) is 0 Å². The third-order valence-corrected chi connectivity index (χ3v) is 4.00. The molecule has 5 heteroatoms. The van der Waals surface area contributed by atoms with Gasteiger partial charge >= 0.3 is 6.09 Å². The Morgan fingerprint density at radius 3 is 2.28 bits per heavy atom. The van der Waals surface area contributed by atoms with E-state index in [2.05, 4.69) is 36.5 Å². The molecule has 0 aliphatic heterocycles. The van der Waals surface area contributed by atoms with Gasteiger partial charge in [0.05, 0.1) is 6.61 Å². The van der Waals surface area contributed by atoms with Crippen LogP contribution in [-0.2, 0) is 15.3 Å². The quantitative estimate of drug-likeness (QED) is 0.538. The molecule has 2 aromatic rings. The van der Waals surface area contributed by atoms with E-state index in [1.807, 2.05) is 45.0 Å². The molecule has 1 amide bonds. The van der Waals surface area contributed by atoms with E-state index in [4.69, 9.17) is 8.92 Å². The van der Waals surface area contributed by atoms with Crippen molar-refractivity contribution in [3.05, 3.63) is 59.7 Å². The summed E-state index contributed by atoms with van der Waals surface area (Å²) < 4.78 is 10.9. The molecule has 25 heavy (non-hydrogen) atoms. The van der Waals surface area contributed by atoms with Crippen LogP contribution in [0.15, 0.2) is 53.4 Å². The van der Waals surface area contributed by atoms with Gasteiger partial charge in [0.2, 0.25) is 0 Å². The molecule has 0 aliphatic rings. The highest BCUT2D eigenvalue weighted by atomic mass is 32.2. The Morgan fingerprint density at radius 2 is 1.68 bits per heavy atom. The van der Waals surface area contributed by atoms with Gasteiger partial charge in [-0.15, -0.1) is 0 Å². The lowest BCUT2D eigenvalue weighted by Crippen LogP contribution is -2.27. The van der Waals surface area contributed by atoms with Gasteiger partial charge in [-0.1, -0.05) is 29.8 Å². The Balaban J connectivity index is 1.73. The van der Waals surface area contributed by atoms with Crippen LogP contribution in [0.5, 0.6) is 0 Å². The first-order chi connectivity index (χ1) is 11.8. The first-order valence-corrected chi connectivity index (χ1v) is 9.01. The normalized spacial score (nSPS) is 11.2. The van der Waals surface area contributed by atoms with Gasteiger partial charge in [0.25, 0.3) is 0 Å². The number of carbonyl (C=O) groups excluding carboxylic acids is 1. The monoisotopic (exact) mass is 359 g/mol. The lowest BCUT2D eigenvalue weighted by molar-refractivity contribution is 0.0636. The third-order valence-electron chi connectivity index (χ3n) is 3.25. The summed E-state index contributed by atoms with van der Waals surface area (Å²) in [6, 6.07) is 15.9. The molecule has 0 bridgehead atoms. The highest BCUT2D eigenvalue weighted by Crippen LogP contribution is 2.20. The number of nitrogens with one attached hydrogen (secondary N) is 1. The minimum atomic E-state index is -0.503. The fourth-order valence-electron chi connectivity index (χ4n) is 2.04. The van der Waals surface area contributed by atoms with E-state index >= 15 is 0 Å². The van der Waals surface area contributed by atoms with E-state index < -0.39 is 11.7 Å². The Bertz CT molecular complexity index is 676. The van der Waals surface area contributed by atoms with Crippen LogP contribution >= 0.6 is 12.0 Å². The average molecular weight is 359 g/mol. The van der Waals surface area contributed by atoms with Crippen LogP contribution in [0.2, 0.25) is 0 Å². The van der Waals surface area contributed by atoms with Crippen molar-refractivity contribution in [2.24, 2.45) is 0 Å². The van der Waals surface area contributed by atoms with Crippen molar-refractivity contribution in [1.82, 2.24) is 0 Å². The molecule has 134 valence electrons. The summed E-state index contributed by atoms with van der Waals surface area (Å²) in [5, 5.41) is 2.72. The fourth-order valence-corrected chi connectivity index (χ4v) is 2.59. The van der Waals surface area contributed by atoms with Crippen molar-refractivity contribution in [2.45, 2.75) is 44.6 Å². The number of benzene rings is 2. The molecular weight excluding hydrogens is 334 g/mol. The Hall–Kier alpha value is -1.98. The fraction of sp³-hybridized carbons (Fsp3) is 0.350. The molecule has 0 fully saturated rings. The molecule has 2 aromatic carbocycles. The predicted octanol–water partition coefficient (Wildman–Crippen LogP) is 5.61. The smallest absolute Gasteiger partial charge is 0.412 e. The number of ether oxygens (including phenoxy) is 1. The van der Waals surface area contributed by atoms with E-state index in [0.717, 1.165) is 16.9 Å². The first kappa shape index (κ1) is 19.3. The second kappa shape index (κ2) is 8.92. The summed E-state index contributed by atoms with van der Waals surface area (Å²) in [6.07, 6.45) is 0.365. The summed E-state index contributed by atoms with van der Waals surface area (Å²) in [4.78, 5) is 12.8. The molecule has 0 spiro atoms. The zero-order valence-corrected chi connectivity index (χ0v) is 16.0. The Kier molecular flexibility index (Phi) is 6.91. The first-order valence-electron chi connectivity index (χ1n) is 8.27. The number of carbonyl (C=O) groups is 1. The number of hydrogen-bond donors (Lipinski definition) is 1. The Morgan fingerprint density at radius 1 is 1.04 bits per heavy atom. The molecule has 0 unspecified atom stereocenters. The maximum atomic E-state index is 11.7. The molecule has 1 N–H and O–H groups in total. The van der Waals surface area contributed by atoms with Gasteiger partial charge in [-0.25, -0.2) is 4.79 Å². The standard InChI is InChI=1S/C20H25NO3S/c1-15-5-11-18(12-6-15)25-23-14-13-16-7-9-17(10-8-16)21-19(22)24-20(2,3)4/h5-12H,13-14H2,1-4H3,(H,21,22). The van der Waals surface area contributed by atoms with Crippen LogP contribution in [0.1, 0.15) is 31.9 Å². The van der Waals surface area contributed by atoms with Gasteiger partial charge in [-0.2, -0.15) is 0 Å². The summed E-state index contributed by atoms with van der Waals surface area (Å²) in [5.41, 5.74) is 2.60. The maximum absolute atomic E-state index is 11.7. The molecule has 2 rings (SSSR count). The van der Waals surface area contributed by atoms with Crippen molar-refractivity contribution < 1.29 is 13.7 Å². The molecule has 0 aromatic heterocycles. The van der Waals surface area contributed by atoms with Crippen LogP contribution in [0.25, 0.3) is 0 Å². The molecule has 0 radical (unpaired) electrons. The van der Waals surface area contributed by atoms with E-state index in [-0.39, 0.29) is 0 Å². The van der Waals surface area contributed by atoms with E-state index in [0.29, 0.717) is 12.3 Å². The molecule has 4 nitrogen and oxygen atoms in total. The maximum Gasteiger partial charge on any atom is 0.412 e. The number of aryl methyl sites for hydroxylation is 1. The summed E-state index contributed by atoms with van der Waals surface area (Å²) >= 11 is 1.39. The number of amides is 1. The van der Waals surface area contributed by atoms with Gasteiger partial charge in [-0.05, 0) is 63.9 Å². The molecule has 0 saturated carbocycles. The van der Waals surface area contributed by atoms with E-state index in [9.17, 15) is 4.79 Å². The second-order valence-electron chi connectivity index (χ2n) is 6.79. The predicted molar refractivity (Wildman–Crippen MR) is 103 cm³/mol. The van der Waals surface area contributed by atoms with Crippen molar-refractivity contribution in [3.8, 4) is 0 Å². The van der Waals surface area contributed by atoms with Crippen LogP contribution < -0.4 is 5.32 Å². The zero-order chi connectivity index (χ0) is 18.3. The van der Waals surface area contributed by atoms with Crippen molar-refractivity contribution in [1.29, 1.82) is 0 Å². The minimum absolute atomic E-state index is 0.446. The van der Waals surface area contributed by atoms with E-state index in [1.54, 1.807) is 0 Å². The SMILES string of the molecule is Cc1ccc(SOCCc2ccc(NC(=O)OC(C)(C)C)cc2)cc1. The average Bonchev–Trinajstić information content (AvgIpc) is 2.53. The van der Waals surface area contributed by atoms with Crippen molar-refractivity contribution in [2.75, 3.05) is 11.9 Å². The minimum Gasteiger partial charge on any atom is -0.444 e. The summed E-state index contributed by atoms with van der Waals surface area (Å²) in [5.74, 6) is 0. The van der Waals surface area contributed by atoms with Crippen molar-refractivity contribution in [3.63, 3.8) is 0 Å². The van der Waals surface area contributed by atoms with E-state index in [1.165, 1.54) is 17.6 Å². The van der Waals surface area contributed by atoms with Crippen molar-refractivity contribution >= 4 is 23.8 Å². The molecule has 0 aliphatic carbocycles. The topological polar surface area (TPSA) is 47.6 Å². The Labute approximate surface area is 154 Å². The lowest BCUT2D eigenvalue weighted by Gasteiger charge is -2.19. The van der Waals surface area contributed by atoms with Crippen LogP contribution in [-0.4, -0.2) is 18.3 Å². The molecule has 0 atom stereocenters. The van der Waals surface area contributed by atoms with Gasteiger partial charge in [0.1, 0.15) is 5.60 Å². The van der Waals surface area contributed by atoms with Gasteiger partial charge in [-0.3, -0.25) is 5.32 Å². The molecule has 0 saturated heterocycles. The number of hydrogen-bond acceptors (Lipinski definition) is 4. The zero-order valence-electron chi connectivity index (χ0n) is 15.2. The third kappa shape index (κ3) is 7.63. The highest BCUT2D eigenvalue weighted by molar-refractivity contribution is 7.94. The van der Waals surface area contributed by atoms with Gasteiger partial charge < -0.3 is 8.92 Å².